The van der Waals surface area contributed by atoms with Gasteiger partial charge in [-0.3, -0.25) is 4.79 Å². The highest BCUT2D eigenvalue weighted by molar-refractivity contribution is 9.10. The van der Waals surface area contributed by atoms with Crippen molar-refractivity contribution in [2.24, 2.45) is 0 Å². The Bertz CT molecular complexity index is 642. The molecule has 0 radical (unpaired) electrons. The molecule has 22 heavy (non-hydrogen) atoms. The lowest BCUT2D eigenvalue weighted by atomic mass is 10.1. The van der Waals surface area contributed by atoms with Crippen LogP contribution in [-0.2, 0) is 11.2 Å². The summed E-state index contributed by atoms with van der Waals surface area (Å²) in [6.07, 6.45) is 0.986. The molecule has 0 aromatic heterocycles. The molecule has 2 aromatic rings. The summed E-state index contributed by atoms with van der Waals surface area (Å²) < 4.78 is 6.06. The Morgan fingerprint density at radius 3 is 2.55 bits per heavy atom. The zero-order chi connectivity index (χ0) is 15.9. The van der Waals surface area contributed by atoms with E-state index in [0.29, 0.717) is 0 Å². The number of methoxy groups -OCH3 is 1. The van der Waals surface area contributed by atoms with E-state index in [1.165, 1.54) is 5.56 Å². The van der Waals surface area contributed by atoms with E-state index in [1.54, 1.807) is 7.11 Å². The third kappa shape index (κ3) is 4.49. The fourth-order valence-electron chi connectivity index (χ4n) is 1.97. The summed E-state index contributed by atoms with van der Waals surface area (Å²) in [7, 11) is 1.61. The van der Waals surface area contributed by atoms with Gasteiger partial charge in [-0.1, -0.05) is 19.1 Å². The number of benzene rings is 2. The number of aryl methyl sites for hydroxylation is 1. The maximum atomic E-state index is 12.0. The molecule has 0 aliphatic rings. The number of carbonyl (C=O) groups is 1. The van der Waals surface area contributed by atoms with Crippen LogP contribution in [0.25, 0.3) is 0 Å². The fourth-order valence-corrected chi connectivity index (χ4v) is 2.36. The van der Waals surface area contributed by atoms with Crippen LogP contribution in [0.2, 0.25) is 0 Å². The minimum atomic E-state index is -0.0982. The predicted octanol–water partition coefficient (Wildman–Crippen LogP) is 4.07. The molecule has 2 aromatic carbocycles. The van der Waals surface area contributed by atoms with Crippen LogP contribution in [-0.4, -0.2) is 19.6 Å². The van der Waals surface area contributed by atoms with Gasteiger partial charge in [-0.15, -0.1) is 0 Å². The van der Waals surface area contributed by atoms with Crippen molar-refractivity contribution in [2.75, 3.05) is 24.3 Å². The molecule has 0 saturated carbocycles. The lowest BCUT2D eigenvalue weighted by Gasteiger charge is -2.11. The summed E-state index contributed by atoms with van der Waals surface area (Å²) in [4.78, 5) is 12.0. The molecule has 0 bridgehead atoms. The number of amides is 1. The molecular weight excluding hydrogens is 344 g/mol. The number of anilines is 2. The molecule has 5 heteroatoms. The summed E-state index contributed by atoms with van der Waals surface area (Å²) in [6, 6.07) is 13.4. The van der Waals surface area contributed by atoms with Gasteiger partial charge in [0.15, 0.2) is 0 Å². The van der Waals surface area contributed by atoms with Crippen molar-refractivity contribution in [3.63, 3.8) is 0 Å². The second-order valence-corrected chi connectivity index (χ2v) is 5.65. The van der Waals surface area contributed by atoms with Crippen LogP contribution in [0.3, 0.4) is 0 Å². The van der Waals surface area contributed by atoms with Gasteiger partial charge in [0.25, 0.3) is 0 Å². The smallest absolute Gasteiger partial charge is 0.243 e. The van der Waals surface area contributed by atoms with Gasteiger partial charge >= 0.3 is 0 Å². The lowest BCUT2D eigenvalue weighted by molar-refractivity contribution is -0.114. The second-order valence-electron chi connectivity index (χ2n) is 4.80. The number of nitrogens with one attached hydrogen (secondary N) is 2. The topological polar surface area (TPSA) is 50.4 Å². The average molecular weight is 363 g/mol. The fraction of sp³-hybridized carbons (Fsp3) is 0.235. The Morgan fingerprint density at radius 1 is 1.18 bits per heavy atom. The summed E-state index contributed by atoms with van der Waals surface area (Å²) in [5, 5.41) is 5.95. The molecule has 116 valence electrons. The molecule has 0 atom stereocenters. The highest BCUT2D eigenvalue weighted by atomic mass is 79.9. The van der Waals surface area contributed by atoms with E-state index < -0.39 is 0 Å². The number of halogens is 1. The van der Waals surface area contributed by atoms with Crippen molar-refractivity contribution >= 4 is 33.2 Å². The first-order valence-corrected chi connectivity index (χ1v) is 7.88. The maximum absolute atomic E-state index is 12.0. The SMILES string of the molecule is CCc1ccc(NC(=O)CNc2cc(OC)ccc2Br)cc1. The van der Waals surface area contributed by atoms with Gasteiger partial charge in [0.2, 0.25) is 5.91 Å². The van der Waals surface area contributed by atoms with Crippen LogP contribution >= 0.6 is 15.9 Å². The highest BCUT2D eigenvalue weighted by Gasteiger charge is 2.06. The number of rotatable bonds is 6. The second kappa shape index (κ2) is 7.84. The molecule has 0 saturated heterocycles. The zero-order valence-corrected chi connectivity index (χ0v) is 14.2. The lowest BCUT2D eigenvalue weighted by Crippen LogP contribution is -2.21. The Morgan fingerprint density at radius 2 is 1.91 bits per heavy atom. The van der Waals surface area contributed by atoms with Crippen molar-refractivity contribution in [3.8, 4) is 5.75 Å². The Kier molecular flexibility index (Phi) is 5.83. The van der Waals surface area contributed by atoms with E-state index in [1.807, 2.05) is 42.5 Å². The molecule has 0 unspecified atom stereocenters. The standard InChI is InChI=1S/C17H19BrN2O2/c1-3-12-4-6-13(7-5-12)20-17(21)11-19-16-10-14(22-2)8-9-15(16)18/h4-10,19H,3,11H2,1-2H3,(H,20,21). The third-order valence-electron chi connectivity index (χ3n) is 3.26. The van der Waals surface area contributed by atoms with Crippen LogP contribution in [0, 0.1) is 0 Å². The monoisotopic (exact) mass is 362 g/mol. The third-order valence-corrected chi connectivity index (χ3v) is 3.95. The maximum Gasteiger partial charge on any atom is 0.243 e. The van der Waals surface area contributed by atoms with Crippen LogP contribution < -0.4 is 15.4 Å². The normalized spacial score (nSPS) is 10.1. The largest absolute Gasteiger partial charge is 0.497 e. The molecule has 2 rings (SSSR count). The summed E-state index contributed by atoms with van der Waals surface area (Å²) in [5.74, 6) is 0.639. The van der Waals surface area contributed by atoms with E-state index in [4.69, 9.17) is 4.74 Å². The average Bonchev–Trinajstić information content (AvgIpc) is 2.55. The molecule has 1 amide bonds. The van der Waals surface area contributed by atoms with E-state index in [0.717, 1.165) is 28.0 Å². The van der Waals surface area contributed by atoms with Crippen molar-refractivity contribution < 1.29 is 9.53 Å². The summed E-state index contributed by atoms with van der Waals surface area (Å²) >= 11 is 3.44. The summed E-state index contributed by atoms with van der Waals surface area (Å²) in [6.45, 7) is 2.28. The van der Waals surface area contributed by atoms with E-state index in [9.17, 15) is 4.79 Å². The van der Waals surface area contributed by atoms with Gasteiger partial charge < -0.3 is 15.4 Å². The van der Waals surface area contributed by atoms with Gasteiger partial charge in [0, 0.05) is 16.2 Å². The first-order chi connectivity index (χ1) is 10.6. The molecule has 0 aliphatic heterocycles. The number of hydrogen-bond donors (Lipinski definition) is 2. The molecule has 0 fully saturated rings. The Hall–Kier alpha value is -2.01. The minimum absolute atomic E-state index is 0.0982. The minimum Gasteiger partial charge on any atom is -0.497 e. The van der Waals surface area contributed by atoms with E-state index in [2.05, 4.69) is 33.5 Å². The van der Waals surface area contributed by atoms with Crippen LogP contribution in [0.4, 0.5) is 11.4 Å². The van der Waals surface area contributed by atoms with Gasteiger partial charge in [-0.2, -0.15) is 0 Å². The molecule has 2 N–H and O–H groups in total. The van der Waals surface area contributed by atoms with Crippen molar-refractivity contribution in [2.45, 2.75) is 13.3 Å². The molecule has 0 heterocycles. The van der Waals surface area contributed by atoms with Gasteiger partial charge in [-0.25, -0.2) is 0 Å². The number of ether oxygens (including phenoxy) is 1. The Labute approximate surface area is 139 Å². The van der Waals surface area contributed by atoms with Gasteiger partial charge in [0.1, 0.15) is 5.75 Å². The zero-order valence-electron chi connectivity index (χ0n) is 12.7. The van der Waals surface area contributed by atoms with Crippen molar-refractivity contribution in [1.82, 2.24) is 0 Å². The van der Waals surface area contributed by atoms with E-state index >= 15 is 0 Å². The van der Waals surface area contributed by atoms with E-state index in [-0.39, 0.29) is 12.5 Å². The predicted molar refractivity (Wildman–Crippen MR) is 93.6 cm³/mol. The van der Waals surface area contributed by atoms with Crippen LogP contribution in [0.5, 0.6) is 5.75 Å². The van der Waals surface area contributed by atoms with Gasteiger partial charge in [0.05, 0.1) is 19.3 Å². The molecule has 4 nitrogen and oxygen atoms in total. The molecule has 0 spiro atoms. The Balaban J connectivity index is 1.92. The first-order valence-electron chi connectivity index (χ1n) is 7.08. The van der Waals surface area contributed by atoms with Crippen LogP contribution in [0.15, 0.2) is 46.9 Å². The number of carbonyl (C=O) groups excluding carboxylic acids is 1. The molecular formula is C17H19BrN2O2. The van der Waals surface area contributed by atoms with Crippen LogP contribution in [0.1, 0.15) is 12.5 Å². The quantitative estimate of drug-likeness (QED) is 0.814. The van der Waals surface area contributed by atoms with Crippen molar-refractivity contribution in [1.29, 1.82) is 0 Å². The summed E-state index contributed by atoms with van der Waals surface area (Å²) in [5.41, 5.74) is 2.86. The van der Waals surface area contributed by atoms with Gasteiger partial charge in [-0.05, 0) is 52.2 Å². The highest BCUT2D eigenvalue weighted by Crippen LogP contribution is 2.26. The first kappa shape index (κ1) is 16.4. The van der Waals surface area contributed by atoms with Crippen molar-refractivity contribution in [3.05, 3.63) is 52.5 Å². The molecule has 0 aliphatic carbocycles. The number of hydrogen-bond acceptors (Lipinski definition) is 3.